The number of rotatable bonds is 3. The molecule has 0 atom stereocenters. The summed E-state index contributed by atoms with van der Waals surface area (Å²) in [5, 5.41) is 12.3. The molecule has 0 saturated heterocycles. The molecule has 0 bridgehead atoms. The van der Waals surface area contributed by atoms with Crippen LogP contribution < -0.4 is 0 Å². The normalized spacial score (nSPS) is 13.3. The fraction of sp³-hybridized carbons (Fsp3) is 0.0545. The molecular formula is C55H36O. The fourth-order valence-corrected chi connectivity index (χ4v) is 9.93. The summed E-state index contributed by atoms with van der Waals surface area (Å²) in [6.07, 6.45) is 0. The average molecular weight is 713 g/mol. The van der Waals surface area contributed by atoms with Crippen molar-refractivity contribution in [1.29, 1.82) is 0 Å². The first-order valence-corrected chi connectivity index (χ1v) is 19.6. The minimum absolute atomic E-state index is 0.184. The van der Waals surface area contributed by atoms with Gasteiger partial charge in [-0.2, -0.15) is 0 Å². The molecule has 56 heavy (non-hydrogen) atoms. The van der Waals surface area contributed by atoms with Gasteiger partial charge in [0.05, 0.1) is 0 Å². The van der Waals surface area contributed by atoms with Gasteiger partial charge < -0.3 is 4.42 Å². The highest BCUT2D eigenvalue weighted by Crippen LogP contribution is 2.52. The fourth-order valence-electron chi connectivity index (χ4n) is 9.93. The first-order chi connectivity index (χ1) is 27.5. The molecule has 0 aliphatic heterocycles. The molecule has 0 amide bonds. The van der Waals surface area contributed by atoms with Gasteiger partial charge in [-0.25, -0.2) is 0 Å². The average Bonchev–Trinajstić information content (AvgIpc) is 3.73. The van der Waals surface area contributed by atoms with E-state index >= 15 is 0 Å². The van der Waals surface area contributed by atoms with Gasteiger partial charge >= 0.3 is 0 Å². The predicted molar refractivity (Wildman–Crippen MR) is 238 cm³/mol. The van der Waals surface area contributed by atoms with E-state index in [2.05, 4.69) is 196 Å². The molecule has 0 N–H and O–H groups in total. The van der Waals surface area contributed by atoms with E-state index in [1.807, 2.05) is 0 Å². The zero-order valence-electron chi connectivity index (χ0n) is 31.2. The van der Waals surface area contributed by atoms with Crippen LogP contribution in [0.4, 0.5) is 0 Å². The highest BCUT2D eigenvalue weighted by Gasteiger charge is 2.36. The minimum atomic E-state index is -0.184. The lowest BCUT2D eigenvalue weighted by Crippen LogP contribution is -2.15. The molecule has 0 radical (unpaired) electrons. The van der Waals surface area contributed by atoms with Crippen LogP contribution >= 0.6 is 0 Å². The van der Waals surface area contributed by atoms with Crippen molar-refractivity contribution in [2.24, 2.45) is 0 Å². The van der Waals surface area contributed by atoms with Gasteiger partial charge in [-0.15, -0.1) is 0 Å². The van der Waals surface area contributed by atoms with Crippen molar-refractivity contribution in [3.8, 4) is 44.5 Å². The molecule has 1 nitrogen and oxygen atoms in total. The zero-order valence-corrected chi connectivity index (χ0v) is 31.2. The molecule has 0 spiro atoms. The third-order valence-electron chi connectivity index (χ3n) is 12.6. The van der Waals surface area contributed by atoms with Gasteiger partial charge in [-0.05, 0) is 124 Å². The number of benzene rings is 10. The molecule has 1 aliphatic carbocycles. The molecule has 262 valence electrons. The maximum absolute atomic E-state index is 6.45. The molecule has 1 aromatic heterocycles. The van der Waals surface area contributed by atoms with E-state index in [1.165, 1.54) is 93.3 Å². The van der Waals surface area contributed by atoms with Crippen molar-refractivity contribution in [2.45, 2.75) is 19.3 Å². The first-order valence-electron chi connectivity index (χ1n) is 19.6. The summed E-state index contributed by atoms with van der Waals surface area (Å²) >= 11 is 0. The molecule has 10 aromatic carbocycles. The van der Waals surface area contributed by atoms with Crippen LogP contribution in [-0.2, 0) is 5.41 Å². The molecule has 0 unspecified atom stereocenters. The van der Waals surface area contributed by atoms with E-state index in [0.29, 0.717) is 0 Å². The van der Waals surface area contributed by atoms with E-state index < -0.39 is 0 Å². The molecule has 11 aromatic rings. The van der Waals surface area contributed by atoms with Gasteiger partial charge in [0.2, 0.25) is 0 Å². The summed E-state index contributed by atoms with van der Waals surface area (Å²) < 4.78 is 6.45. The lowest BCUT2D eigenvalue weighted by Gasteiger charge is -2.23. The van der Waals surface area contributed by atoms with Gasteiger partial charge in [0.25, 0.3) is 0 Å². The Morgan fingerprint density at radius 2 is 0.857 bits per heavy atom. The van der Waals surface area contributed by atoms with E-state index in [9.17, 15) is 0 Å². The Kier molecular flexibility index (Phi) is 6.46. The molecule has 0 fully saturated rings. The van der Waals surface area contributed by atoms with E-state index in [4.69, 9.17) is 4.42 Å². The molecule has 0 saturated carbocycles. The number of hydrogen-bond acceptors (Lipinski definition) is 1. The highest BCUT2D eigenvalue weighted by molar-refractivity contribution is 6.23. The van der Waals surface area contributed by atoms with Crippen molar-refractivity contribution in [2.75, 3.05) is 0 Å². The van der Waals surface area contributed by atoms with E-state index in [0.717, 1.165) is 27.3 Å². The smallest absolute Gasteiger partial charge is 0.143 e. The Balaban J connectivity index is 1.00. The molecular weight excluding hydrogens is 677 g/mol. The second-order valence-electron chi connectivity index (χ2n) is 16.0. The minimum Gasteiger partial charge on any atom is -0.455 e. The van der Waals surface area contributed by atoms with Crippen LogP contribution in [0.15, 0.2) is 186 Å². The number of hydrogen-bond donors (Lipinski definition) is 0. The second-order valence-corrected chi connectivity index (χ2v) is 16.0. The second kappa shape index (κ2) is 11.5. The molecule has 12 rings (SSSR count). The zero-order chi connectivity index (χ0) is 37.1. The first kappa shape index (κ1) is 31.4. The quantitative estimate of drug-likeness (QED) is 0.166. The Labute approximate surface area is 325 Å². The van der Waals surface area contributed by atoms with Crippen LogP contribution in [0.25, 0.3) is 110 Å². The molecule has 1 heterocycles. The lowest BCUT2D eigenvalue weighted by atomic mass is 9.80. The molecule has 1 aliphatic rings. The van der Waals surface area contributed by atoms with Crippen LogP contribution in [0.1, 0.15) is 25.0 Å². The topological polar surface area (TPSA) is 13.1 Å². The third-order valence-corrected chi connectivity index (χ3v) is 12.6. The van der Waals surface area contributed by atoms with Gasteiger partial charge in [0.15, 0.2) is 0 Å². The van der Waals surface area contributed by atoms with Crippen molar-refractivity contribution in [3.63, 3.8) is 0 Å². The monoisotopic (exact) mass is 712 g/mol. The van der Waals surface area contributed by atoms with Crippen LogP contribution in [0, 0.1) is 0 Å². The summed E-state index contributed by atoms with van der Waals surface area (Å²) in [4.78, 5) is 0. The van der Waals surface area contributed by atoms with Gasteiger partial charge in [0.1, 0.15) is 11.2 Å². The molecule has 1 heteroatoms. The third kappa shape index (κ3) is 4.37. The van der Waals surface area contributed by atoms with Crippen LogP contribution in [0.3, 0.4) is 0 Å². The Morgan fingerprint density at radius 3 is 1.55 bits per heavy atom. The van der Waals surface area contributed by atoms with Crippen molar-refractivity contribution in [3.05, 3.63) is 193 Å². The summed E-state index contributed by atoms with van der Waals surface area (Å²) in [6, 6.07) is 67.2. The Morgan fingerprint density at radius 1 is 0.339 bits per heavy atom. The van der Waals surface area contributed by atoms with Crippen molar-refractivity contribution < 1.29 is 4.42 Å². The maximum Gasteiger partial charge on any atom is 0.143 e. The number of fused-ring (bicyclic) bond motifs is 11. The highest BCUT2D eigenvalue weighted by atomic mass is 16.3. The number of furan rings is 1. The van der Waals surface area contributed by atoms with Crippen LogP contribution in [0.5, 0.6) is 0 Å². The largest absolute Gasteiger partial charge is 0.455 e. The van der Waals surface area contributed by atoms with E-state index in [-0.39, 0.29) is 5.41 Å². The van der Waals surface area contributed by atoms with Crippen molar-refractivity contribution >= 4 is 65.0 Å². The Hall–Kier alpha value is -6.96. The maximum atomic E-state index is 6.45. The van der Waals surface area contributed by atoms with Crippen LogP contribution in [-0.4, -0.2) is 0 Å². The van der Waals surface area contributed by atoms with E-state index in [1.54, 1.807) is 0 Å². The summed E-state index contributed by atoms with van der Waals surface area (Å²) in [5.41, 5.74) is 14.6. The van der Waals surface area contributed by atoms with Gasteiger partial charge in [-0.1, -0.05) is 166 Å². The van der Waals surface area contributed by atoms with Crippen LogP contribution in [0.2, 0.25) is 0 Å². The summed E-state index contributed by atoms with van der Waals surface area (Å²) in [5.74, 6) is 0. The summed E-state index contributed by atoms with van der Waals surface area (Å²) in [7, 11) is 0. The van der Waals surface area contributed by atoms with Crippen molar-refractivity contribution in [1.82, 2.24) is 0 Å². The standard InChI is InChI=1S/C55H36O/c1-55(2)49-31-36(35-25-29-51-48(30-35)47-28-22-34-13-4-6-16-39(34)54(47)56-51)23-26-40(49)41-27-24-37(32-50(41)55)52-43-17-7-9-19-45(43)53(46-20-10-8-18-44(46)52)42-21-11-14-33-12-3-5-15-38(33)42/h3-32H,1-2H3. The Bertz CT molecular complexity index is 3390. The predicted octanol–water partition coefficient (Wildman–Crippen LogP) is 15.5. The summed E-state index contributed by atoms with van der Waals surface area (Å²) in [6.45, 7) is 4.78. The SMILES string of the molecule is CC1(C)c2cc(-c3ccc4oc5c6ccccc6ccc5c4c3)ccc2-c2ccc(-c3c4ccccc4c(-c4cccc5ccccc45)c4ccccc34)cc21. The lowest BCUT2D eigenvalue weighted by molar-refractivity contribution is 0.661. The van der Waals surface area contributed by atoms with Gasteiger partial charge in [-0.3, -0.25) is 0 Å². The van der Waals surface area contributed by atoms with Gasteiger partial charge in [0, 0.05) is 21.6 Å².